The second-order valence-electron chi connectivity index (χ2n) is 6.98. The number of hydrogen-bond acceptors (Lipinski definition) is 6. The Morgan fingerprint density at radius 2 is 2.00 bits per heavy atom. The lowest BCUT2D eigenvalue weighted by molar-refractivity contribution is -0.135. The van der Waals surface area contributed by atoms with Crippen molar-refractivity contribution in [1.82, 2.24) is 19.7 Å². The molecule has 2 aromatic heterocycles. The van der Waals surface area contributed by atoms with Crippen molar-refractivity contribution < 1.29 is 13.9 Å². The molecule has 1 amide bonds. The number of thiazole rings is 1. The van der Waals surface area contributed by atoms with E-state index in [0.717, 1.165) is 52.9 Å². The van der Waals surface area contributed by atoms with E-state index < -0.39 is 0 Å². The standard InChI is InChI=1S/C20H24FN5O2S/c1-3-28-13-17(27)24-9-4-10-25(12-11-24)20-22-19-18(29-20)14(2)23-26(19)16-7-5-15(21)6-8-16/h5-8H,3-4,9-13H2,1-2H3. The Hall–Kier alpha value is -2.52. The molecule has 0 aliphatic carbocycles. The molecule has 7 nitrogen and oxygen atoms in total. The monoisotopic (exact) mass is 417 g/mol. The number of ether oxygens (including phenoxy) is 1. The Bertz CT molecular complexity index is 1000. The van der Waals surface area contributed by atoms with E-state index in [1.807, 2.05) is 18.7 Å². The third kappa shape index (κ3) is 4.11. The van der Waals surface area contributed by atoms with Crippen molar-refractivity contribution in [3.8, 4) is 5.69 Å². The molecule has 3 aromatic rings. The lowest BCUT2D eigenvalue weighted by Crippen LogP contribution is -2.37. The van der Waals surface area contributed by atoms with Crippen molar-refractivity contribution in [1.29, 1.82) is 0 Å². The first-order valence-corrected chi connectivity index (χ1v) is 10.6. The molecule has 1 saturated heterocycles. The largest absolute Gasteiger partial charge is 0.372 e. The van der Waals surface area contributed by atoms with E-state index in [1.165, 1.54) is 12.1 Å². The van der Waals surface area contributed by atoms with Crippen LogP contribution in [0.4, 0.5) is 9.52 Å². The fourth-order valence-electron chi connectivity index (χ4n) is 3.46. The van der Waals surface area contributed by atoms with Gasteiger partial charge >= 0.3 is 0 Å². The highest BCUT2D eigenvalue weighted by molar-refractivity contribution is 7.22. The molecule has 29 heavy (non-hydrogen) atoms. The Labute approximate surface area is 172 Å². The molecule has 1 aliphatic rings. The van der Waals surface area contributed by atoms with Crippen molar-refractivity contribution >= 4 is 32.7 Å². The number of carbonyl (C=O) groups is 1. The molecule has 0 unspecified atom stereocenters. The Kier molecular flexibility index (Phi) is 5.77. The van der Waals surface area contributed by atoms with Gasteiger partial charge in [-0.3, -0.25) is 4.79 Å². The number of rotatable bonds is 5. The van der Waals surface area contributed by atoms with Crippen LogP contribution in [0.1, 0.15) is 19.0 Å². The number of benzene rings is 1. The average Bonchev–Trinajstić information content (AvgIpc) is 3.18. The van der Waals surface area contributed by atoms with Crippen LogP contribution in [0.2, 0.25) is 0 Å². The van der Waals surface area contributed by atoms with Gasteiger partial charge in [-0.25, -0.2) is 9.07 Å². The first-order chi connectivity index (χ1) is 14.1. The maximum absolute atomic E-state index is 13.3. The van der Waals surface area contributed by atoms with Gasteiger partial charge in [0.15, 0.2) is 10.8 Å². The van der Waals surface area contributed by atoms with Gasteiger partial charge in [0.25, 0.3) is 0 Å². The maximum Gasteiger partial charge on any atom is 0.248 e. The van der Waals surface area contributed by atoms with Gasteiger partial charge in [0.2, 0.25) is 5.91 Å². The molecule has 0 saturated carbocycles. The zero-order valence-corrected chi connectivity index (χ0v) is 17.4. The highest BCUT2D eigenvalue weighted by atomic mass is 32.1. The minimum atomic E-state index is -0.277. The minimum absolute atomic E-state index is 0.0424. The van der Waals surface area contributed by atoms with Crippen LogP contribution in [0.15, 0.2) is 24.3 Å². The zero-order chi connectivity index (χ0) is 20.4. The molecule has 3 heterocycles. The van der Waals surface area contributed by atoms with Gasteiger partial charge in [-0.05, 0) is 44.5 Å². The molecular formula is C20H24FN5O2S. The van der Waals surface area contributed by atoms with Gasteiger partial charge in [-0.2, -0.15) is 10.1 Å². The van der Waals surface area contributed by atoms with Gasteiger partial charge < -0.3 is 14.5 Å². The minimum Gasteiger partial charge on any atom is -0.372 e. The van der Waals surface area contributed by atoms with Gasteiger partial charge in [0.1, 0.15) is 12.4 Å². The molecule has 0 bridgehead atoms. The molecule has 1 aliphatic heterocycles. The quantitative estimate of drug-likeness (QED) is 0.639. The van der Waals surface area contributed by atoms with E-state index in [4.69, 9.17) is 9.72 Å². The van der Waals surface area contributed by atoms with Crippen molar-refractivity contribution in [2.45, 2.75) is 20.3 Å². The van der Waals surface area contributed by atoms with E-state index in [9.17, 15) is 9.18 Å². The maximum atomic E-state index is 13.3. The van der Waals surface area contributed by atoms with E-state index in [2.05, 4.69) is 10.00 Å². The molecule has 1 aromatic carbocycles. The molecule has 1 fully saturated rings. The van der Waals surface area contributed by atoms with Crippen molar-refractivity contribution in [3.63, 3.8) is 0 Å². The van der Waals surface area contributed by atoms with Gasteiger partial charge in [-0.1, -0.05) is 11.3 Å². The Morgan fingerprint density at radius 1 is 1.21 bits per heavy atom. The molecule has 0 N–H and O–H groups in total. The Balaban J connectivity index is 1.55. The smallest absolute Gasteiger partial charge is 0.248 e. The molecule has 154 valence electrons. The van der Waals surface area contributed by atoms with Crippen LogP contribution in [0.5, 0.6) is 0 Å². The highest BCUT2D eigenvalue weighted by Gasteiger charge is 2.23. The zero-order valence-electron chi connectivity index (χ0n) is 16.6. The van der Waals surface area contributed by atoms with E-state index >= 15 is 0 Å². The molecule has 0 radical (unpaired) electrons. The van der Waals surface area contributed by atoms with Gasteiger partial charge in [0, 0.05) is 32.8 Å². The number of amides is 1. The number of anilines is 1. The number of hydrogen-bond donors (Lipinski definition) is 0. The van der Waals surface area contributed by atoms with Crippen LogP contribution >= 0.6 is 11.3 Å². The lowest BCUT2D eigenvalue weighted by atomic mass is 10.3. The topological polar surface area (TPSA) is 63.5 Å². The normalized spacial score (nSPS) is 15.1. The van der Waals surface area contributed by atoms with Crippen LogP contribution in [-0.4, -0.2) is 65.0 Å². The van der Waals surface area contributed by atoms with Gasteiger partial charge in [-0.15, -0.1) is 0 Å². The summed E-state index contributed by atoms with van der Waals surface area (Å²) in [6, 6.07) is 6.25. The predicted octanol–water partition coefficient (Wildman–Crippen LogP) is 3.00. The van der Waals surface area contributed by atoms with Gasteiger partial charge in [0.05, 0.1) is 16.1 Å². The fourth-order valence-corrected chi connectivity index (χ4v) is 4.50. The summed E-state index contributed by atoms with van der Waals surface area (Å²) in [5.41, 5.74) is 2.46. The summed E-state index contributed by atoms with van der Waals surface area (Å²) in [4.78, 5) is 21.2. The third-order valence-corrected chi connectivity index (χ3v) is 6.21. The first-order valence-electron chi connectivity index (χ1n) is 9.79. The summed E-state index contributed by atoms with van der Waals surface area (Å²) in [7, 11) is 0. The second kappa shape index (κ2) is 8.46. The summed E-state index contributed by atoms with van der Waals surface area (Å²) in [5.74, 6) is -0.235. The third-order valence-electron chi connectivity index (χ3n) is 5.00. The molecule has 0 atom stereocenters. The average molecular weight is 418 g/mol. The van der Waals surface area contributed by atoms with Crippen LogP contribution < -0.4 is 4.90 Å². The lowest BCUT2D eigenvalue weighted by Gasteiger charge is -2.21. The highest BCUT2D eigenvalue weighted by Crippen LogP contribution is 2.33. The molecule has 4 rings (SSSR count). The molecular weight excluding hydrogens is 393 g/mol. The number of fused-ring (bicyclic) bond motifs is 1. The number of aromatic nitrogens is 3. The van der Waals surface area contributed by atoms with E-state index in [1.54, 1.807) is 28.2 Å². The first kappa shape index (κ1) is 19.8. The molecule has 0 spiro atoms. The van der Waals surface area contributed by atoms with E-state index in [-0.39, 0.29) is 18.3 Å². The summed E-state index contributed by atoms with van der Waals surface area (Å²) < 4.78 is 21.3. The van der Waals surface area contributed by atoms with Crippen molar-refractivity contribution in [2.75, 3.05) is 44.3 Å². The van der Waals surface area contributed by atoms with E-state index in [0.29, 0.717) is 13.2 Å². The second-order valence-corrected chi connectivity index (χ2v) is 7.96. The van der Waals surface area contributed by atoms with Crippen LogP contribution in [0.3, 0.4) is 0 Å². The summed E-state index contributed by atoms with van der Waals surface area (Å²) in [5, 5.41) is 5.50. The van der Waals surface area contributed by atoms with Crippen molar-refractivity contribution in [3.05, 3.63) is 35.8 Å². The molecule has 9 heteroatoms. The van der Waals surface area contributed by atoms with Crippen LogP contribution in [0, 0.1) is 12.7 Å². The number of carbonyl (C=O) groups excluding carboxylic acids is 1. The van der Waals surface area contributed by atoms with Crippen LogP contribution in [0.25, 0.3) is 16.0 Å². The summed E-state index contributed by atoms with van der Waals surface area (Å²) in [6.45, 7) is 7.50. The fraction of sp³-hybridized carbons (Fsp3) is 0.450. The van der Waals surface area contributed by atoms with Crippen molar-refractivity contribution in [2.24, 2.45) is 0 Å². The Morgan fingerprint density at radius 3 is 2.76 bits per heavy atom. The summed E-state index contributed by atoms with van der Waals surface area (Å²) in [6.07, 6.45) is 0.886. The summed E-state index contributed by atoms with van der Waals surface area (Å²) >= 11 is 1.61. The SMILES string of the molecule is CCOCC(=O)N1CCCN(c2nc3c(s2)c(C)nn3-c2ccc(F)cc2)CC1. The number of aryl methyl sites for hydroxylation is 1. The van der Waals surface area contributed by atoms with Crippen LogP contribution in [-0.2, 0) is 9.53 Å². The number of nitrogens with zero attached hydrogens (tertiary/aromatic N) is 5. The predicted molar refractivity (Wildman–Crippen MR) is 111 cm³/mol. The number of halogens is 1.